The van der Waals surface area contributed by atoms with Crippen LogP contribution in [0, 0.1) is 0 Å². The van der Waals surface area contributed by atoms with E-state index in [1.54, 1.807) is 31.2 Å². The van der Waals surface area contributed by atoms with Crippen LogP contribution in [0.5, 0.6) is 0 Å². The quantitative estimate of drug-likeness (QED) is 0.152. The molecule has 2 aromatic carbocycles. The third kappa shape index (κ3) is 6.22. The van der Waals surface area contributed by atoms with Gasteiger partial charge in [-0.05, 0) is 59.7 Å². The highest BCUT2D eigenvalue weighted by atomic mass is 16.5. The lowest BCUT2D eigenvalue weighted by atomic mass is 9.78. The van der Waals surface area contributed by atoms with Crippen LogP contribution in [0.25, 0.3) is 0 Å². The van der Waals surface area contributed by atoms with Gasteiger partial charge in [0.05, 0.1) is 19.3 Å². The Hall–Kier alpha value is -3.71. The van der Waals surface area contributed by atoms with Crippen molar-refractivity contribution in [2.24, 2.45) is 0 Å². The van der Waals surface area contributed by atoms with Crippen LogP contribution in [-0.4, -0.2) is 71.7 Å². The van der Waals surface area contributed by atoms with Gasteiger partial charge < -0.3 is 40.4 Å². The molecule has 14 heteroatoms. The predicted octanol–water partition coefficient (Wildman–Crippen LogP) is -1.98. The minimum absolute atomic E-state index is 0.0588. The van der Waals surface area contributed by atoms with Crippen molar-refractivity contribution in [1.82, 2.24) is 16.0 Å². The molecule has 0 bridgehead atoms. The van der Waals surface area contributed by atoms with Gasteiger partial charge in [0.2, 0.25) is 5.91 Å². The van der Waals surface area contributed by atoms with Crippen molar-refractivity contribution in [3.05, 3.63) is 58.7 Å². The SMILES string of the molecule is CC(NC(=O)c1ccc2c(c1)B(O)OC2)C(NC(=O)c1ccc2c(c1)B(O)OC2)C(=O)NCCCC(=O)O. The molecule has 0 fully saturated rings. The first-order chi connectivity index (χ1) is 18.1. The average Bonchev–Trinajstić information content (AvgIpc) is 3.46. The minimum Gasteiger partial charge on any atom is -0.481 e. The lowest BCUT2D eigenvalue weighted by Crippen LogP contribution is -2.57. The fourth-order valence-electron chi connectivity index (χ4n) is 4.29. The van der Waals surface area contributed by atoms with Gasteiger partial charge in [0.15, 0.2) is 0 Å². The highest BCUT2D eigenvalue weighted by molar-refractivity contribution is 6.62. The Morgan fingerprint density at radius 3 is 1.95 bits per heavy atom. The van der Waals surface area contributed by atoms with E-state index in [0.717, 1.165) is 11.1 Å². The van der Waals surface area contributed by atoms with Gasteiger partial charge in [-0.15, -0.1) is 0 Å². The van der Waals surface area contributed by atoms with Crippen molar-refractivity contribution >= 4 is 48.9 Å². The molecule has 38 heavy (non-hydrogen) atoms. The van der Waals surface area contributed by atoms with Crippen LogP contribution < -0.4 is 26.9 Å². The van der Waals surface area contributed by atoms with Gasteiger partial charge in [-0.3, -0.25) is 19.2 Å². The molecule has 0 aromatic heterocycles. The zero-order valence-electron chi connectivity index (χ0n) is 20.6. The molecule has 2 aliphatic heterocycles. The summed E-state index contributed by atoms with van der Waals surface area (Å²) in [7, 11) is -2.28. The molecular formula is C24H27B2N3O9. The zero-order chi connectivity index (χ0) is 27.4. The zero-order valence-corrected chi connectivity index (χ0v) is 20.6. The number of carbonyl (C=O) groups excluding carboxylic acids is 3. The summed E-state index contributed by atoms with van der Waals surface area (Å²) >= 11 is 0. The molecule has 0 radical (unpaired) electrons. The Morgan fingerprint density at radius 1 is 0.895 bits per heavy atom. The van der Waals surface area contributed by atoms with E-state index in [2.05, 4.69) is 16.0 Å². The van der Waals surface area contributed by atoms with E-state index < -0.39 is 50.0 Å². The molecule has 4 rings (SSSR count). The molecule has 6 N–H and O–H groups in total. The monoisotopic (exact) mass is 523 g/mol. The number of aliphatic carboxylic acids is 1. The summed E-state index contributed by atoms with van der Waals surface area (Å²) in [4.78, 5) is 49.8. The van der Waals surface area contributed by atoms with Gasteiger partial charge in [-0.2, -0.15) is 0 Å². The summed E-state index contributed by atoms with van der Waals surface area (Å²) in [6.45, 7) is 2.06. The largest absolute Gasteiger partial charge is 0.491 e. The maximum atomic E-state index is 13.1. The second kappa shape index (κ2) is 11.8. The van der Waals surface area contributed by atoms with Crippen molar-refractivity contribution in [1.29, 1.82) is 0 Å². The second-order valence-electron chi connectivity index (χ2n) is 9.16. The summed E-state index contributed by atoms with van der Waals surface area (Å²) < 4.78 is 10.3. The lowest BCUT2D eigenvalue weighted by molar-refractivity contribution is -0.137. The van der Waals surface area contributed by atoms with Crippen LogP contribution in [0.2, 0.25) is 0 Å². The van der Waals surface area contributed by atoms with E-state index >= 15 is 0 Å². The number of fused-ring (bicyclic) bond motifs is 2. The van der Waals surface area contributed by atoms with Crippen LogP contribution in [0.15, 0.2) is 36.4 Å². The lowest BCUT2D eigenvalue weighted by Gasteiger charge is -2.25. The number of benzene rings is 2. The fourth-order valence-corrected chi connectivity index (χ4v) is 4.29. The molecule has 2 heterocycles. The maximum absolute atomic E-state index is 13.1. The smallest absolute Gasteiger partial charge is 0.481 e. The van der Waals surface area contributed by atoms with Gasteiger partial charge in [0.1, 0.15) is 6.04 Å². The van der Waals surface area contributed by atoms with Crippen molar-refractivity contribution in [2.75, 3.05) is 6.54 Å². The van der Waals surface area contributed by atoms with E-state index in [1.165, 1.54) is 12.1 Å². The second-order valence-corrected chi connectivity index (χ2v) is 9.16. The average molecular weight is 523 g/mol. The molecule has 2 atom stereocenters. The third-order valence-corrected chi connectivity index (χ3v) is 6.44. The first-order valence-electron chi connectivity index (χ1n) is 12.1. The number of hydrogen-bond donors (Lipinski definition) is 6. The van der Waals surface area contributed by atoms with E-state index in [0.29, 0.717) is 10.9 Å². The normalized spacial score (nSPS) is 15.3. The highest BCUT2D eigenvalue weighted by Gasteiger charge is 2.32. The van der Waals surface area contributed by atoms with E-state index in [-0.39, 0.29) is 43.7 Å². The molecule has 2 aliphatic rings. The van der Waals surface area contributed by atoms with E-state index in [1.807, 2.05) is 0 Å². The topological polar surface area (TPSA) is 184 Å². The maximum Gasteiger partial charge on any atom is 0.491 e. The molecule has 0 saturated heterocycles. The van der Waals surface area contributed by atoms with Crippen LogP contribution in [0.3, 0.4) is 0 Å². The number of nitrogens with one attached hydrogen (secondary N) is 3. The summed E-state index contributed by atoms with van der Waals surface area (Å²) in [6.07, 6.45) is 0.0434. The molecule has 0 spiro atoms. The Morgan fingerprint density at radius 2 is 1.42 bits per heavy atom. The van der Waals surface area contributed by atoms with Gasteiger partial charge in [0.25, 0.3) is 11.8 Å². The Labute approximate surface area is 219 Å². The van der Waals surface area contributed by atoms with Gasteiger partial charge >= 0.3 is 20.2 Å². The molecule has 3 amide bonds. The fraction of sp³-hybridized carbons (Fsp3) is 0.333. The minimum atomic E-state index is -1.21. The number of amides is 3. The molecule has 0 saturated carbocycles. The van der Waals surface area contributed by atoms with Crippen LogP contribution >= 0.6 is 0 Å². The van der Waals surface area contributed by atoms with Crippen molar-refractivity contribution in [2.45, 2.75) is 45.1 Å². The van der Waals surface area contributed by atoms with Crippen molar-refractivity contribution in [3.63, 3.8) is 0 Å². The number of hydrogen-bond acceptors (Lipinski definition) is 8. The van der Waals surface area contributed by atoms with Crippen LogP contribution in [0.1, 0.15) is 51.6 Å². The Kier molecular flexibility index (Phi) is 8.47. The molecule has 0 aliphatic carbocycles. The van der Waals surface area contributed by atoms with E-state index in [4.69, 9.17) is 14.4 Å². The number of carboxylic acids is 1. The molecule has 198 valence electrons. The number of carbonyl (C=O) groups is 4. The van der Waals surface area contributed by atoms with Crippen molar-refractivity contribution in [3.8, 4) is 0 Å². The highest BCUT2D eigenvalue weighted by Crippen LogP contribution is 2.13. The number of rotatable bonds is 10. The summed E-state index contributed by atoms with van der Waals surface area (Å²) in [6, 6.07) is 7.32. The van der Waals surface area contributed by atoms with Crippen LogP contribution in [-0.2, 0) is 32.1 Å². The first kappa shape index (κ1) is 27.3. The Balaban J connectivity index is 1.48. The first-order valence-corrected chi connectivity index (χ1v) is 12.1. The van der Waals surface area contributed by atoms with Gasteiger partial charge in [0, 0.05) is 24.1 Å². The van der Waals surface area contributed by atoms with Crippen molar-refractivity contribution < 1.29 is 43.6 Å². The molecule has 12 nitrogen and oxygen atoms in total. The molecular weight excluding hydrogens is 496 g/mol. The predicted molar refractivity (Wildman–Crippen MR) is 136 cm³/mol. The summed E-state index contributed by atoms with van der Waals surface area (Å²) in [5, 5.41) is 36.6. The Bertz CT molecular complexity index is 1260. The van der Waals surface area contributed by atoms with Gasteiger partial charge in [-0.25, -0.2) is 0 Å². The number of carboxylic acid groups (broad SMARTS) is 1. The molecule has 2 unspecified atom stereocenters. The standard InChI is InChI=1S/C24H27B2N3O9/c1-13(28-22(32)14-4-6-16-11-37-25(35)18(16)9-14)21(24(34)27-8-2-3-20(30)31)29-23(33)15-5-7-17-12-38-26(36)19(17)10-15/h4-7,9-10,13,21,35-36H,2-3,8,11-12H2,1H3,(H,27,34)(H,28,32)(H,29,33)(H,30,31). The molecule has 2 aromatic rings. The summed E-state index contributed by atoms with van der Waals surface area (Å²) in [5.74, 6) is -2.76. The third-order valence-electron chi connectivity index (χ3n) is 6.44. The van der Waals surface area contributed by atoms with Crippen LogP contribution in [0.4, 0.5) is 0 Å². The van der Waals surface area contributed by atoms with Gasteiger partial charge in [-0.1, -0.05) is 12.1 Å². The summed E-state index contributed by atoms with van der Waals surface area (Å²) in [5.41, 5.74) is 2.86. The van der Waals surface area contributed by atoms with E-state index in [9.17, 15) is 29.2 Å².